The van der Waals surface area contributed by atoms with Crippen molar-refractivity contribution in [2.24, 2.45) is 13.0 Å². The molecule has 0 atom stereocenters. The topological polar surface area (TPSA) is 90.1 Å². The zero-order valence-electron chi connectivity index (χ0n) is 29.5. The quantitative estimate of drug-likeness (QED) is 0.111. The summed E-state index contributed by atoms with van der Waals surface area (Å²) in [4.78, 5) is 51.1. The van der Waals surface area contributed by atoms with Crippen LogP contribution in [-0.4, -0.2) is 54.9 Å². The van der Waals surface area contributed by atoms with Gasteiger partial charge in [-0.15, -0.1) is 0 Å². The van der Waals surface area contributed by atoms with Crippen LogP contribution in [0.15, 0.2) is 71.7 Å². The molecule has 266 valence electrons. The molecule has 10 heteroatoms. The van der Waals surface area contributed by atoms with Crippen molar-refractivity contribution >= 4 is 22.5 Å². The van der Waals surface area contributed by atoms with Gasteiger partial charge in [0.2, 0.25) is 0 Å². The van der Waals surface area contributed by atoms with Gasteiger partial charge < -0.3 is 4.90 Å². The number of hydrogen-bond donors (Lipinski definition) is 0. The number of ketones is 2. The maximum Gasteiger partial charge on any atom is 0.278 e. The number of benzene rings is 3. The van der Waals surface area contributed by atoms with Crippen LogP contribution in [0.3, 0.4) is 0 Å². The third-order valence-electron chi connectivity index (χ3n) is 10.4. The van der Waals surface area contributed by atoms with E-state index in [1.807, 2.05) is 42.5 Å². The normalized spacial score (nSPS) is 15.1. The summed E-state index contributed by atoms with van der Waals surface area (Å²) in [7, 11) is 1.65. The Morgan fingerprint density at radius 2 is 1.65 bits per heavy atom. The molecule has 2 fully saturated rings. The summed E-state index contributed by atoms with van der Waals surface area (Å²) in [6.45, 7) is 3.94. The Bertz CT molecular complexity index is 2270. The van der Waals surface area contributed by atoms with E-state index in [1.54, 1.807) is 24.9 Å². The number of hydrogen-bond acceptors (Lipinski definition) is 6. The van der Waals surface area contributed by atoms with Crippen LogP contribution in [-0.2, 0) is 20.0 Å². The zero-order chi connectivity index (χ0) is 36.4. The molecule has 0 unspecified atom stereocenters. The minimum absolute atomic E-state index is 0.00267. The molecule has 0 amide bonds. The third-order valence-corrected chi connectivity index (χ3v) is 10.4. The first-order valence-corrected chi connectivity index (χ1v) is 18.0. The predicted octanol–water partition coefficient (Wildman–Crippen LogP) is 6.82. The second kappa shape index (κ2) is 15.1. The minimum atomic E-state index is -0.994. The molecule has 0 bridgehead atoms. The largest absolute Gasteiger partial charge is 0.300 e. The summed E-state index contributed by atoms with van der Waals surface area (Å²) in [6, 6.07) is 17.8. The van der Waals surface area contributed by atoms with E-state index in [1.165, 1.54) is 23.6 Å². The second-order valence-electron chi connectivity index (χ2n) is 14.1. The SMILES string of the molecule is Cc1c(C(=O)CCC#Cc2ccc3nc(Cc4ccc(C(=O)CC5CCN(C6CC6)CC5)cc4)ncc3c2)c(=O)n(Cc2ccc(F)c(F)c2)n1C. The van der Waals surface area contributed by atoms with Crippen LogP contribution >= 0.6 is 0 Å². The lowest BCUT2D eigenvalue weighted by atomic mass is 9.89. The molecule has 2 aromatic heterocycles. The van der Waals surface area contributed by atoms with E-state index in [-0.39, 0.29) is 36.5 Å². The number of nitrogens with zero attached hydrogens (tertiary/aromatic N) is 5. The second-order valence-corrected chi connectivity index (χ2v) is 14.1. The number of piperidine rings is 1. The van der Waals surface area contributed by atoms with E-state index >= 15 is 0 Å². The highest BCUT2D eigenvalue weighted by molar-refractivity contribution is 5.97. The molecule has 1 saturated carbocycles. The number of aromatic nitrogens is 4. The van der Waals surface area contributed by atoms with Crippen molar-refractivity contribution in [1.29, 1.82) is 0 Å². The number of carbonyl (C=O) groups is 2. The Morgan fingerprint density at radius 3 is 2.38 bits per heavy atom. The molecule has 1 saturated heterocycles. The fourth-order valence-corrected chi connectivity index (χ4v) is 7.11. The van der Waals surface area contributed by atoms with Crippen molar-refractivity contribution in [2.45, 2.75) is 70.9 Å². The van der Waals surface area contributed by atoms with E-state index in [0.717, 1.165) is 71.7 Å². The molecule has 7 rings (SSSR count). The summed E-state index contributed by atoms with van der Waals surface area (Å²) in [6.07, 6.45) is 8.18. The number of rotatable bonds is 11. The van der Waals surface area contributed by atoms with E-state index in [2.05, 4.69) is 21.7 Å². The Labute approximate surface area is 301 Å². The van der Waals surface area contributed by atoms with Gasteiger partial charge in [0.25, 0.3) is 5.56 Å². The molecule has 5 aromatic rings. The van der Waals surface area contributed by atoms with Gasteiger partial charge in [0, 0.05) is 67.2 Å². The average molecular weight is 702 g/mol. The molecule has 3 heterocycles. The molecule has 0 radical (unpaired) electrons. The van der Waals surface area contributed by atoms with Gasteiger partial charge in [0.15, 0.2) is 23.2 Å². The molecule has 0 N–H and O–H groups in total. The lowest BCUT2D eigenvalue weighted by molar-refractivity contribution is 0.0924. The first kappa shape index (κ1) is 35.1. The van der Waals surface area contributed by atoms with Crippen LogP contribution in [0.2, 0.25) is 0 Å². The monoisotopic (exact) mass is 701 g/mol. The van der Waals surface area contributed by atoms with Crippen LogP contribution in [0, 0.1) is 36.3 Å². The van der Waals surface area contributed by atoms with Gasteiger partial charge in [-0.05, 0) is 93.1 Å². The molecule has 3 aromatic carbocycles. The van der Waals surface area contributed by atoms with Crippen molar-refractivity contribution in [3.05, 3.63) is 128 Å². The lowest BCUT2D eigenvalue weighted by Gasteiger charge is -2.31. The summed E-state index contributed by atoms with van der Waals surface area (Å²) in [5.74, 6) is 5.24. The Morgan fingerprint density at radius 1 is 0.904 bits per heavy atom. The Kier molecular flexibility index (Phi) is 10.2. The standard InChI is InChI=1S/C42H41F2N5O3/c1-27-41(42(52)49(47(27)2)26-31-9-15-35(43)36(44)22-31)38(50)6-4-3-5-28-10-16-37-33(21-28)25-45-40(46-37)24-29-7-11-32(12-8-29)39(51)23-30-17-19-48(20-18-30)34-13-14-34/h7-12,15-16,21-22,25,30,34H,4,6,13-14,17-20,23-24,26H2,1-2H3. The fraction of sp³-hybridized carbons (Fsp3) is 0.357. The molecule has 2 aliphatic rings. The molecular formula is C42H41F2N5O3. The fourth-order valence-electron chi connectivity index (χ4n) is 7.11. The number of carbonyl (C=O) groups excluding carboxylic acids is 2. The summed E-state index contributed by atoms with van der Waals surface area (Å²) < 4.78 is 29.9. The highest BCUT2D eigenvalue weighted by Crippen LogP contribution is 2.32. The molecule has 1 aliphatic carbocycles. The smallest absolute Gasteiger partial charge is 0.278 e. The van der Waals surface area contributed by atoms with Crippen LogP contribution in [0.5, 0.6) is 0 Å². The van der Waals surface area contributed by atoms with Crippen LogP contribution in [0.4, 0.5) is 8.78 Å². The molecule has 8 nitrogen and oxygen atoms in total. The third kappa shape index (κ3) is 7.95. The first-order valence-electron chi connectivity index (χ1n) is 18.0. The van der Waals surface area contributed by atoms with Gasteiger partial charge in [-0.25, -0.2) is 23.4 Å². The van der Waals surface area contributed by atoms with Crippen LogP contribution in [0.1, 0.15) is 93.9 Å². The van der Waals surface area contributed by atoms with Crippen molar-refractivity contribution in [3.63, 3.8) is 0 Å². The molecule has 0 spiro atoms. The van der Waals surface area contributed by atoms with Crippen molar-refractivity contribution < 1.29 is 18.4 Å². The summed E-state index contributed by atoms with van der Waals surface area (Å²) >= 11 is 0. The number of Topliss-reactive ketones (excluding diaryl/α,β-unsaturated/α-hetero) is 2. The highest BCUT2D eigenvalue weighted by atomic mass is 19.2. The van der Waals surface area contributed by atoms with Gasteiger partial charge in [-0.3, -0.25) is 19.1 Å². The van der Waals surface area contributed by atoms with E-state index in [4.69, 9.17) is 4.98 Å². The van der Waals surface area contributed by atoms with E-state index < -0.39 is 17.2 Å². The van der Waals surface area contributed by atoms with Crippen molar-refractivity contribution in [2.75, 3.05) is 13.1 Å². The maximum absolute atomic E-state index is 13.7. The van der Waals surface area contributed by atoms with Gasteiger partial charge in [-0.1, -0.05) is 42.2 Å². The van der Waals surface area contributed by atoms with Crippen LogP contribution in [0.25, 0.3) is 10.9 Å². The van der Waals surface area contributed by atoms with E-state index in [0.29, 0.717) is 35.8 Å². The number of likely N-dealkylation sites (tertiary alicyclic amines) is 1. The van der Waals surface area contributed by atoms with Gasteiger partial charge in [-0.2, -0.15) is 0 Å². The van der Waals surface area contributed by atoms with Gasteiger partial charge in [0.1, 0.15) is 11.4 Å². The van der Waals surface area contributed by atoms with Gasteiger partial charge >= 0.3 is 0 Å². The van der Waals surface area contributed by atoms with Gasteiger partial charge in [0.05, 0.1) is 12.1 Å². The van der Waals surface area contributed by atoms with Crippen LogP contribution < -0.4 is 5.56 Å². The molecule has 1 aliphatic heterocycles. The maximum atomic E-state index is 13.7. The van der Waals surface area contributed by atoms with Crippen molar-refractivity contribution in [1.82, 2.24) is 24.2 Å². The Hall–Kier alpha value is -5.27. The molecular weight excluding hydrogens is 660 g/mol. The minimum Gasteiger partial charge on any atom is -0.300 e. The average Bonchev–Trinajstić information content (AvgIpc) is 3.97. The molecule has 52 heavy (non-hydrogen) atoms. The zero-order valence-corrected chi connectivity index (χ0v) is 29.5. The highest BCUT2D eigenvalue weighted by Gasteiger charge is 2.32. The van der Waals surface area contributed by atoms with Crippen molar-refractivity contribution in [3.8, 4) is 11.8 Å². The first-order chi connectivity index (χ1) is 25.1. The lowest BCUT2D eigenvalue weighted by Crippen LogP contribution is -2.35. The number of halogens is 2. The predicted molar refractivity (Wildman–Crippen MR) is 195 cm³/mol. The summed E-state index contributed by atoms with van der Waals surface area (Å²) in [5, 5.41) is 0.844. The number of fused-ring (bicyclic) bond motifs is 1. The Balaban J connectivity index is 0.921. The summed E-state index contributed by atoms with van der Waals surface area (Å²) in [5.41, 5.74) is 3.86. The van der Waals surface area contributed by atoms with E-state index in [9.17, 15) is 23.2 Å².